The lowest BCUT2D eigenvalue weighted by Gasteiger charge is -2.33. The minimum absolute atomic E-state index is 0.187. The number of carbonyl (C=O) groups excluding carboxylic acids is 1. The third-order valence-corrected chi connectivity index (χ3v) is 5.31. The Morgan fingerprint density at radius 1 is 1.27 bits per heavy atom. The van der Waals surface area contributed by atoms with Crippen LogP contribution in [0, 0.1) is 5.41 Å². The number of ether oxygens (including phenoxy) is 2. The summed E-state index contributed by atoms with van der Waals surface area (Å²) in [4.78, 5) is 11.5. The van der Waals surface area contributed by atoms with E-state index in [9.17, 15) is 4.79 Å². The Morgan fingerprint density at radius 2 is 1.95 bits per heavy atom. The monoisotopic (exact) mass is 306 g/mol. The fourth-order valence-corrected chi connectivity index (χ4v) is 3.26. The van der Waals surface area contributed by atoms with Crippen molar-refractivity contribution in [3.63, 3.8) is 0 Å². The Morgan fingerprint density at radius 3 is 2.59 bits per heavy atom. The summed E-state index contributed by atoms with van der Waals surface area (Å²) in [5, 5.41) is 0. The zero-order valence-electron chi connectivity index (χ0n) is 14.5. The minimum Gasteiger partial charge on any atom is -0.348 e. The molecule has 1 saturated heterocycles. The zero-order valence-corrected chi connectivity index (χ0v) is 14.5. The molecule has 0 aromatic rings. The van der Waals surface area contributed by atoms with Gasteiger partial charge in [0, 0.05) is 12.8 Å². The Balaban J connectivity index is 1.79. The van der Waals surface area contributed by atoms with Gasteiger partial charge in [-0.2, -0.15) is 0 Å². The lowest BCUT2D eigenvalue weighted by Crippen LogP contribution is -2.25. The first-order chi connectivity index (χ1) is 10.3. The summed E-state index contributed by atoms with van der Waals surface area (Å²) in [5.41, 5.74) is 2.86. The molecule has 0 saturated carbocycles. The van der Waals surface area contributed by atoms with Gasteiger partial charge in [0.2, 0.25) is 0 Å². The second kappa shape index (κ2) is 7.10. The highest BCUT2D eigenvalue weighted by molar-refractivity contribution is 5.91. The van der Waals surface area contributed by atoms with Gasteiger partial charge < -0.3 is 9.47 Å². The molecule has 2 rings (SSSR count). The van der Waals surface area contributed by atoms with Crippen LogP contribution in [0.2, 0.25) is 0 Å². The molecule has 1 heterocycles. The molecule has 3 heteroatoms. The van der Waals surface area contributed by atoms with Crippen LogP contribution in [0.5, 0.6) is 0 Å². The topological polar surface area (TPSA) is 35.5 Å². The lowest BCUT2D eigenvalue weighted by atomic mass is 9.71. The molecule has 2 aliphatic rings. The fraction of sp³-hybridized carbons (Fsp3) is 0.737. The van der Waals surface area contributed by atoms with Crippen molar-refractivity contribution in [3.8, 4) is 0 Å². The Bertz CT molecular complexity index is 469. The molecule has 1 fully saturated rings. The SMILES string of the molecule is CC1=CC(=O)CC[C@@]1(C)CC/C(C)=C/CCC1(C)OCCO1. The zero-order chi connectivity index (χ0) is 16.2. The molecule has 1 aliphatic heterocycles. The molecule has 0 aromatic carbocycles. The van der Waals surface area contributed by atoms with Gasteiger partial charge in [-0.05, 0) is 57.9 Å². The van der Waals surface area contributed by atoms with Crippen LogP contribution in [0.4, 0.5) is 0 Å². The summed E-state index contributed by atoms with van der Waals surface area (Å²) in [5.74, 6) is -0.0988. The highest BCUT2D eigenvalue weighted by Crippen LogP contribution is 2.40. The first-order valence-corrected chi connectivity index (χ1v) is 8.48. The summed E-state index contributed by atoms with van der Waals surface area (Å²) in [6.07, 6.45) is 9.96. The van der Waals surface area contributed by atoms with Crippen molar-refractivity contribution in [2.24, 2.45) is 5.41 Å². The molecule has 1 atom stereocenters. The smallest absolute Gasteiger partial charge is 0.166 e. The Labute approximate surface area is 134 Å². The molecule has 0 amide bonds. The largest absolute Gasteiger partial charge is 0.348 e. The van der Waals surface area contributed by atoms with E-state index in [0.29, 0.717) is 19.6 Å². The standard InChI is InChI=1S/C19H30O3/c1-15(6-5-9-19(4)21-12-13-22-19)7-10-18(3)11-8-17(20)14-16(18)2/h6,14H,5,7-13H2,1-4H3/b15-6+/t18-/m1/s1. The summed E-state index contributed by atoms with van der Waals surface area (Å²) >= 11 is 0. The van der Waals surface area contributed by atoms with E-state index in [1.165, 1.54) is 11.1 Å². The van der Waals surface area contributed by atoms with E-state index in [4.69, 9.17) is 9.47 Å². The van der Waals surface area contributed by atoms with Gasteiger partial charge >= 0.3 is 0 Å². The quantitative estimate of drug-likeness (QED) is 0.674. The van der Waals surface area contributed by atoms with E-state index in [1.54, 1.807) is 0 Å². The summed E-state index contributed by atoms with van der Waals surface area (Å²) < 4.78 is 11.3. The maximum atomic E-state index is 11.5. The van der Waals surface area contributed by atoms with Gasteiger partial charge in [0.25, 0.3) is 0 Å². The van der Waals surface area contributed by atoms with Gasteiger partial charge in [0.1, 0.15) is 0 Å². The average Bonchev–Trinajstić information content (AvgIpc) is 2.88. The van der Waals surface area contributed by atoms with Gasteiger partial charge in [0.15, 0.2) is 11.6 Å². The maximum absolute atomic E-state index is 11.5. The summed E-state index contributed by atoms with van der Waals surface area (Å²) in [7, 11) is 0. The van der Waals surface area contributed by atoms with Crippen LogP contribution in [0.15, 0.2) is 23.3 Å². The van der Waals surface area contributed by atoms with Gasteiger partial charge in [-0.25, -0.2) is 0 Å². The highest BCUT2D eigenvalue weighted by atomic mass is 16.7. The molecule has 0 radical (unpaired) electrons. The van der Waals surface area contributed by atoms with Crippen molar-refractivity contribution in [2.45, 2.75) is 72.0 Å². The molecular formula is C19H30O3. The Kier molecular flexibility index (Phi) is 5.62. The molecule has 124 valence electrons. The first kappa shape index (κ1) is 17.4. The predicted octanol–water partition coefficient (Wildman–Crippen LogP) is 4.57. The van der Waals surface area contributed by atoms with Crippen LogP contribution in [-0.4, -0.2) is 24.8 Å². The van der Waals surface area contributed by atoms with Crippen LogP contribution < -0.4 is 0 Å². The fourth-order valence-electron chi connectivity index (χ4n) is 3.26. The number of ketones is 1. The summed E-state index contributed by atoms with van der Waals surface area (Å²) in [6.45, 7) is 10.0. The van der Waals surface area contributed by atoms with Gasteiger partial charge in [-0.1, -0.05) is 24.1 Å². The van der Waals surface area contributed by atoms with Gasteiger partial charge in [0.05, 0.1) is 13.2 Å². The second-order valence-electron chi connectivity index (χ2n) is 7.27. The number of allylic oxidation sites excluding steroid dienone is 4. The Hall–Kier alpha value is -0.930. The van der Waals surface area contributed by atoms with Crippen LogP contribution in [-0.2, 0) is 14.3 Å². The van der Waals surface area contributed by atoms with Crippen molar-refractivity contribution >= 4 is 5.78 Å². The molecule has 0 bridgehead atoms. The number of hydrogen-bond acceptors (Lipinski definition) is 3. The lowest BCUT2D eigenvalue weighted by molar-refractivity contribution is -0.145. The molecular weight excluding hydrogens is 276 g/mol. The van der Waals surface area contributed by atoms with Crippen LogP contribution in [0.1, 0.15) is 66.2 Å². The molecule has 0 unspecified atom stereocenters. The number of hydrogen-bond donors (Lipinski definition) is 0. The first-order valence-electron chi connectivity index (χ1n) is 8.48. The van der Waals surface area contributed by atoms with Gasteiger partial charge in [-0.15, -0.1) is 0 Å². The summed E-state index contributed by atoms with van der Waals surface area (Å²) in [6, 6.07) is 0. The second-order valence-corrected chi connectivity index (χ2v) is 7.27. The molecule has 1 aliphatic carbocycles. The van der Waals surface area contributed by atoms with Crippen molar-refractivity contribution in [2.75, 3.05) is 13.2 Å². The van der Waals surface area contributed by atoms with E-state index in [0.717, 1.165) is 32.1 Å². The third kappa shape index (κ3) is 4.53. The van der Waals surface area contributed by atoms with E-state index < -0.39 is 0 Å². The van der Waals surface area contributed by atoms with Crippen LogP contribution >= 0.6 is 0 Å². The normalized spacial score (nSPS) is 28.8. The number of rotatable bonds is 6. The van der Waals surface area contributed by atoms with E-state index >= 15 is 0 Å². The van der Waals surface area contributed by atoms with Gasteiger partial charge in [-0.3, -0.25) is 4.79 Å². The predicted molar refractivity (Wildman–Crippen MR) is 88.6 cm³/mol. The molecule has 22 heavy (non-hydrogen) atoms. The molecule has 0 N–H and O–H groups in total. The van der Waals surface area contributed by atoms with Crippen molar-refractivity contribution < 1.29 is 14.3 Å². The average molecular weight is 306 g/mol. The van der Waals surface area contributed by atoms with E-state index in [-0.39, 0.29) is 17.0 Å². The van der Waals surface area contributed by atoms with Crippen LogP contribution in [0.3, 0.4) is 0 Å². The van der Waals surface area contributed by atoms with Crippen molar-refractivity contribution in [1.82, 2.24) is 0 Å². The highest BCUT2D eigenvalue weighted by Gasteiger charge is 2.31. The van der Waals surface area contributed by atoms with Crippen LogP contribution in [0.25, 0.3) is 0 Å². The minimum atomic E-state index is -0.383. The van der Waals surface area contributed by atoms with Crippen molar-refractivity contribution in [1.29, 1.82) is 0 Å². The van der Waals surface area contributed by atoms with E-state index in [1.807, 2.05) is 13.0 Å². The van der Waals surface area contributed by atoms with Crippen molar-refractivity contribution in [3.05, 3.63) is 23.3 Å². The molecule has 0 aromatic heterocycles. The number of carbonyl (C=O) groups is 1. The molecule has 3 nitrogen and oxygen atoms in total. The molecule has 0 spiro atoms. The maximum Gasteiger partial charge on any atom is 0.166 e. The van der Waals surface area contributed by atoms with E-state index in [2.05, 4.69) is 26.8 Å². The third-order valence-electron chi connectivity index (χ3n) is 5.31.